The fraction of sp³-hybridized carbons (Fsp3) is 0.158. The van der Waals surface area contributed by atoms with Gasteiger partial charge in [-0.05, 0) is 35.9 Å². The van der Waals surface area contributed by atoms with Crippen molar-refractivity contribution >= 4 is 17.7 Å². The summed E-state index contributed by atoms with van der Waals surface area (Å²) in [7, 11) is 1.52. The number of carbonyl (C=O) groups is 1. The summed E-state index contributed by atoms with van der Waals surface area (Å²) in [6.07, 6.45) is 1.50. The zero-order chi connectivity index (χ0) is 17.6. The molecule has 0 fully saturated rings. The molecular formula is C19H16N2O4. The SMILES string of the molecule is COc1ccccc1NC(=O)/C(C#N)=C/c1ccc2c(c1)OCCO2. The van der Waals surface area contributed by atoms with E-state index in [-0.39, 0.29) is 5.57 Å². The lowest BCUT2D eigenvalue weighted by Gasteiger charge is -2.18. The topological polar surface area (TPSA) is 80.6 Å². The van der Waals surface area contributed by atoms with Gasteiger partial charge in [0.15, 0.2) is 11.5 Å². The number of benzene rings is 2. The van der Waals surface area contributed by atoms with Gasteiger partial charge >= 0.3 is 0 Å². The van der Waals surface area contributed by atoms with Crippen LogP contribution in [0.5, 0.6) is 17.2 Å². The summed E-state index contributed by atoms with van der Waals surface area (Å²) in [5.41, 5.74) is 1.15. The minimum Gasteiger partial charge on any atom is -0.495 e. The Balaban J connectivity index is 1.83. The molecule has 0 atom stereocenters. The van der Waals surface area contributed by atoms with Gasteiger partial charge in [-0.1, -0.05) is 18.2 Å². The Morgan fingerprint density at radius 1 is 1.20 bits per heavy atom. The van der Waals surface area contributed by atoms with Crippen LogP contribution in [0.25, 0.3) is 6.08 Å². The number of methoxy groups -OCH3 is 1. The van der Waals surface area contributed by atoms with E-state index >= 15 is 0 Å². The second-order valence-corrected chi connectivity index (χ2v) is 5.23. The van der Waals surface area contributed by atoms with Crippen LogP contribution in [-0.2, 0) is 4.79 Å². The number of para-hydroxylation sites is 2. The molecule has 1 aliphatic heterocycles. The lowest BCUT2D eigenvalue weighted by Crippen LogP contribution is -2.15. The fourth-order valence-electron chi connectivity index (χ4n) is 2.40. The van der Waals surface area contributed by atoms with Crippen LogP contribution in [0, 0.1) is 11.3 Å². The minimum absolute atomic E-state index is 0.0254. The number of nitrogens with one attached hydrogen (secondary N) is 1. The number of hydrogen-bond acceptors (Lipinski definition) is 5. The van der Waals surface area contributed by atoms with Crippen LogP contribution in [0.2, 0.25) is 0 Å². The number of carbonyl (C=O) groups excluding carboxylic acids is 1. The van der Waals surface area contributed by atoms with Gasteiger partial charge in [0.25, 0.3) is 5.91 Å². The van der Waals surface area contributed by atoms with Crippen LogP contribution >= 0.6 is 0 Å². The number of rotatable bonds is 4. The number of hydrogen-bond donors (Lipinski definition) is 1. The van der Waals surface area contributed by atoms with Crippen LogP contribution in [0.1, 0.15) is 5.56 Å². The van der Waals surface area contributed by atoms with Crippen LogP contribution in [0.15, 0.2) is 48.0 Å². The largest absolute Gasteiger partial charge is 0.495 e. The number of ether oxygens (including phenoxy) is 3. The highest BCUT2D eigenvalue weighted by molar-refractivity contribution is 6.10. The Morgan fingerprint density at radius 2 is 1.96 bits per heavy atom. The molecule has 0 aliphatic carbocycles. The molecule has 6 nitrogen and oxygen atoms in total. The van der Waals surface area contributed by atoms with E-state index in [1.807, 2.05) is 6.07 Å². The first-order chi connectivity index (χ1) is 12.2. The van der Waals surface area contributed by atoms with Crippen molar-refractivity contribution in [1.82, 2.24) is 0 Å². The summed E-state index contributed by atoms with van der Waals surface area (Å²) in [5.74, 6) is 1.26. The Labute approximate surface area is 145 Å². The molecule has 1 amide bonds. The molecule has 126 valence electrons. The predicted octanol–water partition coefficient (Wildman–Crippen LogP) is 3.01. The molecule has 0 saturated heterocycles. The molecule has 0 bridgehead atoms. The van der Waals surface area contributed by atoms with E-state index in [1.165, 1.54) is 13.2 Å². The summed E-state index contributed by atoms with van der Waals surface area (Å²) in [6.45, 7) is 0.979. The Hall–Kier alpha value is -3.46. The third kappa shape index (κ3) is 3.72. The van der Waals surface area contributed by atoms with Gasteiger partial charge in [-0.3, -0.25) is 4.79 Å². The number of nitriles is 1. The van der Waals surface area contributed by atoms with Crippen molar-refractivity contribution in [2.75, 3.05) is 25.6 Å². The van der Waals surface area contributed by atoms with E-state index in [0.29, 0.717) is 41.7 Å². The quantitative estimate of drug-likeness (QED) is 0.686. The van der Waals surface area contributed by atoms with Crippen LogP contribution in [-0.4, -0.2) is 26.2 Å². The van der Waals surface area contributed by atoms with E-state index in [0.717, 1.165) is 0 Å². The van der Waals surface area contributed by atoms with Gasteiger partial charge in [0.05, 0.1) is 12.8 Å². The molecule has 6 heteroatoms. The van der Waals surface area contributed by atoms with Crippen molar-refractivity contribution in [1.29, 1.82) is 5.26 Å². The Morgan fingerprint density at radius 3 is 2.72 bits per heavy atom. The van der Waals surface area contributed by atoms with Crippen molar-refractivity contribution in [3.05, 3.63) is 53.6 Å². The zero-order valence-electron chi connectivity index (χ0n) is 13.6. The first-order valence-corrected chi connectivity index (χ1v) is 7.67. The van der Waals surface area contributed by atoms with Crippen LogP contribution in [0.3, 0.4) is 0 Å². The smallest absolute Gasteiger partial charge is 0.266 e. The van der Waals surface area contributed by atoms with Crippen molar-refractivity contribution in [2.45, 2.75) is 0 Å². The highest BCUT2D eigenvalue weighted by Gasteiger charge is 2.14. The fourth-order valence-corrected chi connectivity index (χ4v) is 2.40. The van der Waals surface area contributed by atoms with Gasteiger partial charge in [-0.25, -0.2) is 0 Å². The third-order valence-corrected chi connectivity index (χ3v) is 3.60. The highest BCUT2D eigenvalue weighted by atomic mass is 16.6. The van der Waals surface area contributed by atoms with E-state index in [2.05, 4.69) is 5.32 Å². The maximum atomic E-state index is 12.4. The third-order valence-electron chi connectivity index (χ3n) is 3.60. The summed E-state index contributed by atoms with van der Waals surface area (Å²) < 4.78 is 16.2. The van der Waals surface area contributed by atoms with Gasteiger partial charge in [-0.15, -0.1) is 0 Å². The van der Waals surface area contributed by atoms with Crippen molar-refractivity contribution in [2.24, 2.45) is 0 Å². The molecular weight excluding hydrogens is 320 g/mol. The van der Waals surface area contributed by atoms with Gasteiger partial charge in [0.2, 0.25) is 0 Å². The average molecular weight is 336 g/mol. The molecule has 1 N–H and O–H groups in total. The summed E-state index contributed by atoms with van der Waals surface area (Å²) in [5, 5.41) is 12.0. The average Bonchev–Trinajstić information content (AvgIpc) is 2.66. The first kappa shape index (κ1) is 16.4. The van der Waals surface area contributed by atoms with Crippen molar-refractivity contribution in [3.8, 4) is 23.3 Å². The predicted molar refractivity (Wildman–Crippen MR) is 92.6 cm³/mol. The molecule has 0 saturated carbocycles. The summed E-state index contributed by atoms with van der Waals surface area (Å²) >= 11 is 0. The maximum absolute atomic E-state index is 12.4. The molecule has 25 heavy (non-hydrogen) atoms. The van der Waals surface area contributed by atoms with E-state index in [1.54, 1.807) is 42.5 Å². The number of nitrogens with zero attached hydrogens (tertiary/aromatic N) is 1. The van der Waals surface area contributed by atoms with Crippen molar-refractivity contribution < 1.29 is 19.0 Å². The molecule has 1 aliphatic rings. The van der Waals surface area contributed by atoms with Gasteiger partial charge in [0, 0.05) is 0 Å². The monoisotopic (exact) mass is 336 g/mol. The summed E-state index contributed by atoms with van der Waals surface area (Å²) in [4.78, 5) is 12.4. The van der Waals surface area contributed by atoms with Crippen LogP contribution in [0.4, 0.5) is 5.69 Å². The highest BCUT2D eigenvalue weighted by Crippen LogP contribution is 2.31. The standard InChI is InChI=1S/C19H16N2O4/c1-23-16-5-3-2-4-15(16)21-19(22)14(12-20)10-13-6-7-17-18(11-13)25-9-8-24-17/h2-7,10-11H,8-9H2,1H3,(H,21,22)/b14-10+. The van der Waals surface area contributed by atoms with Crippen molar-refractivity contribution in [3.63, 3.8) is 0 Å². The number of fused-ring (bicyclic) bond motifs is 1. The maximum Gasteiger partial charge on any atom is 0.266 e. The van der Waals surface area contributed by atoms with E-state index in [4.69, 9.17) is 14.2 Å². The molecule has 1 heterocycles. The van der Waals surface area contributed by atoms with Gasteiger partial charge in [-0.2, -0.15) is 5.26 Å². The minimum atomic E-state index is -0.512. The zero-order valence-corrected chi connectivity index (χ0v) is 13.6. The normalized spacial score (nSPS) is 12.9. The number of amides is 1. The second kappa shape index (κ2) is 7.41. The molecule has 2 aromatic rings. The van der Waals surface area contributed by atoms with E-state index in [9.17, 15) is 10.1 Å². The molecule has 0 aromatic heterocycles. The molecule has 2 aromatic carbocycles. The summed E-state index contributed by atoms with van der Waals surface area (Å²) in [6, 6.07) is 14.2. The molecule has 0 spiro atoms. The second-order valence-electron chi connectivity index (χ2n) is 5.23. The lowest BCUT2D eigenvalue weighted by molar-refractivity contribution is -0.112. The molecule has 0 unspecified atom stereocenters. The Bertz CT molecular complexity index is 868. The Kier molecular flexibility index (Phi) is 4.86. The number of anilines is 1. The first-order valence-electron chi connectivity index (χ1n) is 7.67. The lowest BCUT2D eigenvalue weighted by atomic mass is 10.1. The van der Waals surface area contributed by atoms with Gasteiger partial charge in [0.1, 0.15) is 30.6 Å². The van der Waals surface area contributed by atoms with E-state index < -0.39 is 5.91 Å². The molecule has 3 rings (SSSR count). The van der Waals surface area contributed by atoms with Crippen LogP contribution < -0.4 is 19.5 Å². The molecule has 0 radical (unpaired) electrons. The van der Waals surface area contributed by atoms with Gasteiger partial charge < -0.3 is 19.5 Å².